The van der Waals surface area contributed by atoms with E-state index in [-0.39, 0.29) is 26.2 Å². The van der Waals surface area contributed by atoms with Gasteiger partial charge in [-0.05, 0) is 23.3 Å². The molecule has 0 atom stereocenters. The Bertz CT molecular complexity index is 1810. The molecule has 3 heteroatoms. The number of hydrogen-bond acceptors (Lipinski definition) is 2. The molecular formula is C46H38O2Zr. The van der Waals surface area contributed by atoms with E-state index in [4.69, 9.17) is 0 Å². The predicted octanol–water partition coefficient (Wildman–Crippen LogP) is 11.8. The molecule has 0 heterocycles. The molecule has 2 nitrogen and oxygen atoms in total. The van der Waals surface area contributed by atoms with Gasteiger partial charge in [0.15, 0.2) is 0 Å². The summed E-state index contributed by atoms with van der Waals surface area (Å²) in [4.78, 5) is 0. The van der Waals surface area contributed by atoms with Crippen LogP contribution in [-0.4, -0.2) is 10.2 Å². The van der Waals surface area contributed by atoms with Gasteiger partial charge in [0.25, 0.3) is 0 Å². The topological polar surface area (TPSA) is 40.5 Å². The van der Waals surface area contributed by atoms with Crippen molar-refractivity contribution < 1.29 is 36.4 Å². The molecule has 49 heavy (non-hydrogen) atoms. The van der Waals surface area contributed by atoms with Gasteiger partial charge in [-0.1, -0.05) is 146 Å². The third kappa shape index (κ3) is 11.5. The number of allylic oxidation sites excluding steroid dienone is 8. The van der Waals surface area contributed by atoms with E-state index in [0.29, 0.717) is 11.5 Å². The molecule has 2 aliphatic rings. The van der Waals surface area contributed by atoms with E-state index < -0.39 is 0 Å². The first kappa shape index (κ1) is 36.6. The van der Waals surface area contributed by atoms with Gasteiger partial charge < -0.3 is 10.2 Å². The number of hydrogen-bond donors (Lipinski definition) is 2. The first-order valence-electron chi connectivity index (χ1n) is 16.0. The number of aromatic hydroxyl groups is 2. The minimum Gasteiger partial charge on any atom is -0.507 e. The van der Waals surface area contributed by atoms with Crippen LogP contribution in [0.15, 0.2) is 194 Å². The van der Waals surface area contributed by atoms with Crippen molar-refractivity contribution in [1.82, 2.24) is 0 Å². The quantitative estimate of drug-likeness (QED) is 0.179. The van der Waals surface area contributed by atoms with Crippen LogP contribution in [0.2, 0.25) is 0 Å². The molecule has 0 aromatic heterocycles. The van der Waals surface area contributed by atoms with E-state index in [2.05, 4.69) is 85.0 Å². The summed E-state index contributed by atoms with van der Waals surface area (Å²) in [6, 6.07) is 55.1. The maximum absolute atomic E-state index is 9.56. The van der Waals surface area contributed by atoms with Crippen LogP contribution < -0.4 is 0 Å². The average Bonchev–Trinajstić information content (AvgIpc) is 3.91. The fraction of sp³-hybridized carbons (Fsp3) is 0.0435. The maximum Gasteiger partial charge on any atom is 2.00 e. The summed E-state index contributed by atoms with van der Waals surface area (Å²) in [7, 11) is 0. The molecule has 0 amide bonds. The van der Waals surface area contributed by atoms with Gasteiger partial charge >= 0.3 is 26.2 Å². The van der Waals surface area contributed by atoms with Gasteiger partial charge in [-0.25, -0.2) is 0 Å². The van der Waals surface area contributed by atoms with Crippen LogP contribution in [0.25, 0.3) is 33.4 Å². The molecule has 2 aliphatic carbocycles. The molecule has 0 saturated heterocycles. The fourth-order valence-electron chi connectivity index (χ4n) is 5.11. The van der Waals surface area contributed by atoms with Crippen molar-refractivity contribution in [3.8, 4) is 33.8 Å². The van der Waals surface area contributed by atoms with E-state index in [1.165, 1.54) is 22.3 Å². The zero-order chi connectivity index (χ0) is 33.2. The van der Waals surface area contributed by atoms with Gasteiger partial charge in [-0.15, -0.1) is 47.5 Å². The number of phenolic OH excluding ortho intramolecular Hbond substituents is 2. The summed E-state index contributed by atoms with van der Waals surface area (Å²) in [6.45, 7) is 0. The van der Waals surface area contributed by atoms with E-state index in [9.17, 15) is 10.2 Å². The zero-order valence-corrected chi connectivity index (χ0v) is 29.7. The SMILES string of the molecule is Oc1ccccc1-c1ccccc1.Oc1ccccc1-c1ccccc1.[C-]1=C(c2ccccc2)C=CC1.[C-]1=C(c2ccccc2)C=CC1.[Zr+2]. The van der Waals surface area contributed by atoms with Crippen molar-refractivity contribution in [3.63, 3.8) is 0 Å². The summed E-state index contributed by atoms with van der Waals surface area (Å²) in [6.07, 6.45) is 17.0. The van der Waals surface area contributed by atoms with Crippen LogP contribution in [0.4, 0.5) is 0 Å². The number of benzene rings is 6. The second kappa shape index (κ2) is 20.2. The average molecular weight is 714 g/mol. The Kier molecular flexibility index (Phi) is 15.1. The van der Waals surface area contributed by atoms with E-state index >= 15 is 0 Å². The third-order valence-electron chi connectivity index (χ3n) is 7.54. The largest absolute Gasteiger partial charge is 2.00 e. The Labute approximate surface area is 309 Å². The predicted molar refractivity (Wildman–Crippen MR) is 201 cm³/mol. The molecule has 0 saturated carbocycles. The van der Waals surface area contributed by atoms with Crippen molar-refractivity contribution in [3.05, 3.63) is 217 Å². The van der Waals surface area contributed by atoms with Gasteiger partial charge in [0.05, 0.1) is 0 Å². The second-order valence-electron chi connectivity index (χ2n) is 10.9. The number of phenols is 2. The second-order valence-corrected chi connectivity index (χ2v) is 10.9. The fourth-order valence-corrected chi connectivity index (χ4v) is 5.11. The molecule has 0 radical (unpaired) electrons. The normalized spacial score (nSPS) is 12.0. The molecule has 6 aromatic rings. The summed E-state index contributed by atoms with van der Waals surface area (Å²) in [5.41, 5.74) is 8.83. The van der Waals surface area contributed by atoms with Crippen LogP contribution in [0.5, 0.6) is 11.5 Å². The minimum absolute atomic E-state index is 0. The van der Waals surface area contributed by atoms with Crippen molar-refractivity contribution >= 4 is 11.1 Å². The van der Waals surface area contributed by atoms with Gasteiger partial charge in [0, 0.05) is 11.1 Å². The molecule has 0 fully saturated rings. The van der Waals surface area contributed by atoms with Gasteiger partial charge in [-0.2, -0.15) is 35.5 Å². The zero-order valence-electron chi connectivity index (χ0n) is 27.3. The van der Waals surface area contributed by atoms with Gasteiger partial charge in [0.1, 0.15) is 11.5 Å². The Balaban J connectivity index is 0.000000147. The third-order valence-corrected chi connectivity index (χ3v) is 7.54. The van der Waals surface area contributed by atoms with Crippen LogP contribution in [0.1, 0.15) is 24.0 Å². The molecular weight excluding hydrogens is 676 g/mol. The first-order chi connectivity index (χ1) is 23.7. The van der Waals surface area contributed by atoms with E-state index in [1.54, 1.807) is 12.1 Å². The van der Waals surface area contributed by atoms with Crippen LogP contribution in [0, 0.1) is 12.2 Å². The molecule has 0 bridgehead atoms. The molecule has 6 aromatic carbocycles. The van der Waals surface area contributed by atoms with E-state index in [1.807, 2.05) is 109 Å². The Morgan fingerprint density at radius 2 is 0.633 bits per heavy atom. The van der Waals surface area contributed by atoms with Crippen molar-refractivity contribution in [1.29, 1.82) is 0 Å². The first-order valence-corrected chi connectivity index (χ1v) is 16.0. The van der Waals surface area contributed by atoms with Crippen molar-refractivity contribution in [2.45, 2.75) is 12.8 Å². The van der Waals surface area contributed by atoms with Crippen molar-refractivity contribution in [2.24, 2.45) is 0 Å². The van der Waals surface area contributed by atoms with E-state index in [0.717, 1.165) is 35.1 Å². The molecule has 2 N–H and O–H groups in total. The Morgan fingerprint density at radius 3 is 0.918 bits per heavy atom. The summed E-state index contributed by atoms with van der Waals surface area (Å²) < 4.78 is 0. The molecule has 0 aliphatic heterocycles. The molecule has 0 unspecified atom stereocenters. The summed E-state index contributed by atoms with van der Waals surface area (Å²) in [5.74, 6) is 0.655. The Morgan fingerprint density at radius 1 is 0.347 bits per heavy atom. The number of para-hydroxylation sites is 2. The summed E-state index contributed by atoms with van der Waals surface area (Å²) in [5, 5.41) is 19.1. The smallest absolute Gasteiger partial charge is 0.507 e. The van der Waals surface area contributed by atoms with Crippen molar-refractivity contribution in [2.75, 3.05) is 0 Å². The van der Waals surface area contributed by atoms with Crippen LogP contribution in [-0.2, 0) is 26.2 Å². The summed E-state index contributed by atoms with van der Waals surface area (Å²) >= 11 is 0. The molecule has 0 spiro atoms. The molecule has 8 rings (SSSR count). The van der Waals surface area contributed by atoms with Gasteiger partial charge in [-0.3, -0.25) is 0 Å². The van der Waals surface area contributed by atoms with Gasteiger partial charge in [0.2, 0.25) is 0 Å². The Hall–Kier alpha value is -5.24. The standard InChI is InChI=1S/2C12H10O.2C11H9.Zr/c2*13-12-9-5-4-8-11(12)10-6-2-1-3-7-10;2*1-2-6-10(7-3-1)11-8-4-5-9-11;/h2*1-9,13H;2*1-4,6-8H,5H2;/q;;2*-1;+2. The molecule has 238 valence electrons. The van der Waals surface area contributed by atoms with Crippen LogP contribution >= 0.6 is 0 Å². The maximum atomic E-state index is 9.56. The van der Waals surface area contributed by atoms with Crippen LogP contribution in [0.3, 0.4) is 0 Å². The minimum atomic E-state index is 0. The number of rotatable bonds is 4. The monoisotopic (exact) mass is 712 g/mol.